The van der Waals surface area contributed by atoms with Crippen molar-refractivity contribution >= 4 is 0 Å². The lowest BCUT2D eigenvalue weighted by Gasteiger charge is -2.12. The predicted octanol–water partition coefficient (Wildman–Crippen LogP) is 9.38. The Bertz CT molecular complexity index is 456. The molecule has 1 rings (SSSR count). The SMILES string of the molecule is C=CC(CCCCCCCC/C=C\CCCCCCCC)c1ccccc1. The average Bonchev–Trinajstić information content (AvgIpc) is 2.71. The Kier molecular flexibility index (Phi) is 15.9. The van der Waals surface area contributed by atoms with Crippen molar-refractivity contribution in [2.45, 2.75) is 109 Å². The van der Waals surface area contributed by atoms with Gasteiger partial charge < -0.3 is 0 Å². The molecule has 0 bridgehead atoms. The van der Waals surface area contributed by atoms with E-state index in [1.807, 2.05) is 0 Å². The zero-order valence-corrected chi connectivity index (χ0v) is 18.0. The third-order valence-electron chi connectivity index (χ3n) is 5.54. The molecule has 0 heteroatoms. The second kappa shape index (κ2) is 18.1. The van der Waals surface area contributed by atoms with E-state index in [-0.39, 0.29) is 0 Å². The van der Waals surface area contributed by atoms with E-state index in [1.165, 1.54) is 102 Å². The molecule has 0 spiro atoms. The topological polar surface area (TPSA) is 0 Å². The van der Waals surface area contributed by atoms with Gasteiger partial charge in [0.05, 0.1) is 0 Å². The molecule has 152 valence electrons. The van der Waals surface area contributed by atoms with Crippen LogP contribution in [0.1, 0.15) is 115 Å². The van der Waals surface area contributed by atoms with Crippen LogP contribution in [0.2, 0.25) is 0 Å². The van der Waals surface area contributed by atoms with Crippen LogP contribution in [-0.4, -0.2) is 0 Å². The summed E-state index contributed by atoms with van der Waals surface area (Å²) >= 11 is 0. The molecule has 1 aromatic rings. The van der Waals surface area contributed by atoms with E-state index in [4.69, 9.17) is 0 Å². The smallest absolute Gasteiger partial charge is 0.00152 e. The molecule has 0 saturated heterocycles. The Hall–Kier alpha value is -1.30. The van der Waals surface area contributed by atoms with Crippen LogP contribution in [0, 0.1) is 0 Å². The van der Waals surface area contributed by atoms with E-state index in [1.54, 1.807) is 0 Å². The summed E-state index contributed by atoms with van der Waals surface area (Å²) in [5.74, 6) is 0.531. The molecule has 0 amide bonds. The lowest BCUT2D eigenvalue weighted by molar-refractivity contribution is 0.567. The minimum atomic E-state index is 0.531. The molecule has 0 aliphatic carbocycles. The van der Waals surface area contributed by atoms with Crippen molar-refractivity contribution in [3.63, 3.8) is 0 Å². The summed E-state index contributed by atoms with van der Waals surface area (Å²) in [7, 11) is 0. The fourth-order valence-electron chi connectivity index (χ4n) is 3.73. The van der Waals surface area contributed by atoms with Crippen molar-refractivity contribution in [3.8, 4) is 0 Å². The maximum absolute atomic E-state index is 4.02. The minimum absolute atomic E-state index is 0.531. The molecule has 1 aromatic carbocycles. The summed E-state index contributed by atoms with van der Waals surface area (Å²) in [6.45, 7) is 6.31. The summed E-state index contributed by atoms with van der Waals surface area (Å²) in [6.07, 6.45) is 27.4. The molecule has 27 heavy (non-hydrogen) atoms. The molecule has 0 heterocycles. The van der Waals surface area contributed by atoms with Gasteiger partial charge in [0, 0.05) is 5.92 Å². The first-order valence-corrected chi connectivity index (χ1v) is 11.7. The zero-order valence-electron chi connectivity index (χ0n) is 18.0. The lowest BCUT2D eigenvalue weighted by atomic mass is 9.93. The van der Waals surface area contributed by atoms with Crippen LogP contribution in [0.4, 0.5) is 0 Å². The Labute approximate surface area is 170 Å². The molecule has 0 nitrogen and oxygen atoms in total. The van der Waals surface area contributed by atoms with E-state index < -0.39 is 0 Å². The standard InChI is InChI=1S/C27H44/c1-3-5-6-7-8-9-10-11-12-13-14-15-16-17-18-20-23-26(4-2)27-24-21-19-22-25-27/h4,11-12,19,21-22,24-26H,2-3,5-10,13-18,20,23H2,1H3/b12-11-. The van der Waals surface area contributed by atoms with Gasteiger partial charge in [0.2, 0.25) is 0 Å². The van der Waals surface area contributed by atoms with Gasteiger partial charge in [-0.1, -0.05) is 120 Å². The van der Waals surface area contributed by atoms with Crippen LogP contribution < -0.4 is 0 Å². The molecule has 1 atom stereocenters. The highest BCUT2D eigenvalue weighted by Gasteiger charge is 2.06. The molecular formula is C27H44. The van der Waals surface area contributed by atoms with Gasteiger partial charge in [0.25, 0.3) is 0 Å². The highest BCUT2D eigenvalue weighted by molar-refractivity contribution is 5.22. The van der Waals surface area contributed by atoms with Crippen LogP contribution in [0.3, 0.4) is 0 Å². The van der Waals surface area contributed by atoms with Crippen molar-refractivity contribution in [1.29, 1.82) is 0 Å². The van der Waals surface area contributed by atoms with Gasteiger partial charge in [-0.05, 0) is 37.7 Å². The second-order valence-corrected chi connectivity index (χ2v) is 7.98. The zero-order chi connectivity index (χ0) is 19.4. The number of hydrogen-bond acceptors (Lipinski definition) is 0. The summed E-state index contributed by atoms with van der Waals surface area (Å²) in [5, 5.41) is 0. The van der Waals surface area contributed by atoms with Crippen molar-refractivity contribution in [1.82, 2.24) is 0 Å². The van der Waals surface area contributed by atoms with Crippen molar-refractivity contribution in [2.75, 3.05) is 0 Å². The molecule has 0 fully saturated rings. The second-order valence-electron chi connectivity index (χ2n) is 7.98. The molecule has 0 aliphatic rings. The van der Waals surface area contributed by atoms with Crippen LogP contribution in [-0.2, 0) is 0 Å². The quantitative estimate of drug-likeness (QED) is 0.179. The van der Waals surface area contributed by atoms with Gasteiger partial charge in [-0.25, -0.2) is 0 Å². The third-order valence-corrected chi connectivity index (χ3v) is 5.54. The number of unbranched alkanes of at least 4 members (excludes halogenated alkanes) is 12. The molecular weight excluding hydrogens is 324 g/mol. The van der Waals surface area contributed by atoms with Crippen molar-refractivity contribution in [3.05, 3.63) is 60.7 Å². The summed E-state index contributed by atoms with van der Waals surface area (Å²) in [5.41, 5.74) is 1.42. The van der Waals surface area contributed by atoms with E-state index in [0.29, 0.717) is 5.92 Å². The predicted molar refractivity (Wildman–Crippen MR) is 123 cm³/mol. The van der Waals surface area contributed by atoms with Crippen LogP contribution in [0.15, 0.2) is 55.1 Å². The number of allylic oxidation sites excluding steroid dienone is 3. The summed E-state index contributed by atoms with van der Waals surface area (Å²) in [6, 6.07) is 10.8. The van der Waals surface area contributed by atoms with Crippen LogP contribution in [0.5, 0.6) is 0 Å². The maximum atomic E-state index is 4.02. The summed E-state index contributed by atoms with van der Waals surface area (Å²) in [4.78, 5) is 0. The molecule has 0 saturated carbocycles. The first-order chi connectivity index (χ1) is 13.4. The van der Waals surface area contributed by atoms with E-state index in [9.17, 15) is 0 Å². The highest BCUT2D eigenvalue weighted by atomic mass is 14.1. The van der Waals surface area contributed by atoms with Crippen molar-refractivity contribution < 1.29 is 0 Å². The lowest BCUT2D eigenvalue weighted by Crippen LogP contribution is -1.94. The fourth-order valence-corrected chi connectivity index (χ4v) is 3.73. The van der Waals surface area contributed by atoms with Gasteiger partial charge in [-0.2, -0.15) is 0 Å². The molecule has 0 N–H and O–H groups in total. The van der Waals surface area contributed by atoms with Gasteiger partial charge in [0.15, 0.2) is 0 Å². The molecule has 0 aliphatic heterocycles. The monoisotopic (exact) mass is 368 g/mol. The Morgan fingerprint density at radius 3 is 1.78 bits per heavy atom. The van der Waals surface area contributed by atoms with Gasteiger partial charge >= 0.3 is 0 Å². The first-order valence-electron chi connectivity index (χ1n) is 11.7. The van der Waals surface area contributed by atoms with E-state index in [0.717, 1.165) is 0 Å². The number of hydrogen-bond donors (Lipinski definition) is 0. The van der Waals surface area contributed by atoms with Gasteiger partial charge in [-0.3, -0.25) is 0 Å². The maximum Gasteiger partial charge on any atom is 0.00152 e. The van der Waals surface area contributed by atoms with Gasteiger partial charge in [0.1, 0.15) is 0 Å². The van der Waals surface area contributed by atoms with Crippen molar-refractivity contribution in [2.24, 2.45) is 0 Å². The number of benzene rings is 1. The van der Waals surface area contributed by atoms with Gasteiger partial charge in [-0.15, -0.1) is 6.58 Å². The third kappa shape index (κ3) is 13.5. The first kappa shape index (κ1) is 23.7. The molecule has 0 radical (unpaired) electrons. The molecule has 0 aromatic heterocycles. The molecule has 1 unspecified atom stereocenters. The normalized spacial score (nSPS) is 12.5. The number of rotatable bonds is 18. The summed E-state index contributed by atoms with van der Waals surface area (Å²) < 4.78 is 0. The largest absolute Gasteiger partial charge is 0.102 e. The Morgan fingerprint density at radius 2 is 1.22 bits per heavy atom. The Balaban J connectivity index is 1.87. The fraction of sp³-hybridized carbons (Fsp3) is 0.630. The average molecular weight is 369 g/mol. The highest BCUT2D eigenvalue weighted by Crippen LogP contribution is 2.23. The van der Waals surface area contributed by atoms with Crippen LogP contribution >= 0.6 is 0 Å². The minimum Gasteiger partial charge on any atom is -0.102 e. The van der Waals surface area contributed by atoms with Crippen LogP contribution in [0.25, 0.3) is 0 Å². The van der Waals surface area contributed by atoms with E-state index in [2.05, 4.69) is 62.1 Å². The van der Waals surface area contributed by atoms with E-state index >= 15 is 0 Å². The Morgan fingerprint density at radius 1 is 0.704 bits per heavy atom.